The van der Waals surface area contributed by atoms with Crippen molar-refractivity contribution < 1.29 is 13.2 Å². The maximum atomic E-state index is 12.3. The predicted molar refractivity (Wildman–Crippen MR) is 100 cm³/mol. The van der Waals surface area contributed by atoms with Crippen LogP contribution in [0.2, 0.25) is 0 Å². The fraction of sp³-hybridized carbons (Fsp3) is 0.350. The van der Waals surface area contributed by atoms with E-state index in [1.807, 2.05) is 19.1 Å². The van der Waals surface area contributed by atoms with Crippen LogP contribution in [0.5, 0.6) is 0 Å². The van der Waals surface area contributed by atoms with Crippen LogP contribution in [0, 0.1) is 5.92 Å². The Bertz CT molecular complexity index is 822. The van der Waals surface area contributed by atoms with E-state index in [-0.39, 0.29) is 16.8 Å². The van der Waals surface area contributed by atoms with E-state index >= 15 is 0 Å². The topological polar surface area (TPSA) is 63.2 Å². The minimum atomic E-state index is -3.26. The van der Waals surface area contributed by atoms with E-state index in [1.54, 1.807) is 0 Å². The summed E-state index contributed by atoms with van der Waals surface area (Å²) < 4.78 is 22.9. The Morgan fingerprint density at radius 3 is 2.00 bits per heavy atom. The largest absolute Gasteiger partial charge is 0.346 e. The first-order valence-corrected chi connectivity index (χ1v) is 10.3. The molecule has 0 heterocycles. The molecule has 0 bridgehead atoms. The number of hydrogen-bond donors (Lipinski definition) is 1. The van der Waals surface area contributed by atoms with Gasteiger partial charge in [-0.15, -0.1) is 0 Å². The molecule has 5 heteroatoms. The molecule has 1 amide bonds. The molecule has 1 atom stereocenters. The normalized spacial score (nSPS) is 12.8. The first-order valence-electron chi connectivity index (χ1n) is 8.36. The maximum Gasteiger partial charge on any atom is 0.251 e. The number of hydrogen-bond acceptors (Lipinski definition) is 3. The molecule has 0 saturated heterocycles. The van der Waals surface area contributed by atoms with Crippen LogP contribution < -0.4 is 5.32 Å². The van der Waals surface area contributed by atoms with E-state index in [4.69, 9.17) is 0 Å². The molecule has 0 unspecified atom stereocenters. The van der Waals surface area contributed by atoms with E-state index < -0.39 is 9.84 Å². The lowest BCUT2D eigenvalue weighted by Crippen LogP contribution is -2.26. The Kier molecular flexibility index (Phi) is 6.01. The zero-order chi connectivity index (χ0) is 18.6. The Morgan fingerprint density at radius 2 is 1.52 bits per heavy atom. The lowest BCUT2D eigenvalue weighted by Gasteiger charge is -2.15. The van der Waals surface area contributed by atoms with Gasteiger partial charge >= 0.3 is 0 Å². The van der Waals surface area contributed by atoms with Gasteiger partial charge in [-0.3, -0.25) is 4.79 Å². The Morgan fingerprint density at radius 1 is 0.960 bits per heavy atom. The Hall–Kier alpha value is -2.14. The number of rotatable bonds is 6. The molecule has 2 aromatic carbocycles. The highest BCUT2D eigenvalue weighted by atomic mass is 32.2. The summed E-state index contributed by atoms with van der Waals surface area (Å²) in [7, 11) is -3.26. The molecule has 2 aromatic rings. The molecule has 4 nitrogen and oxygen atoms in total. The molecule has 0 spiro atoms. The fourth-order valence-electron chi connectivity index (χ4n) is 2.63. The second kappa shape index (κ2) is 7.83. The zero-order valence-electron chi connectivity index (χ0n) is 15.1. The summed E-state index contributed by atoms with van der Waals surface area (Å²) in [5, 5.41) is 2.94. The molecule has 0 saturated carbocycles. The minimum Gasteiger partial charge on any atom is -0.346 e. The van der Waals surface area contributed by atoms with Gasteiger partial charge in [-0.05, 0) is 54.7 Å². The molecule has 1 N–H and O–H groups in total. The van der Waals surface area contributed by atoms with Gasteiger partial charge in [0.15, 0.2) is 9.84 Å². The molecular formula is C20H25NO3S. The summed E-state index contributed by atoms with van der Waals surface area (Å²) in [5.74, 6) is 0.386. The predicted octanol–water partition coefficient (Wildman–Crippen LogP) is 3.78. The van der Waals surface area contributed by atoms with Gasteiger partial charge < -0.3 is 5.32 Å². The van der Waals surface area contributed by atoms with Crippen LogP contribution in [0.4, 0.5) is 0 Å². The maximum absolute atomic E-state index is 12.3. The standard InChI is InChI=1S/C20H25NO3S/c1-14(2)13-16-5-7-17(8-6-16)15(3)21-20(22)18-9-11-19(12-10-18)25(4,23)24/h5-12,14-15H,13H2,1-4H3,(H,21,22)/t15-/m1/s1. The highest BCUT2D eigenvalue weighted by Crippen LogP contribution is 2.17. The number of amides is 1. The van der Waals surface area contributed by atoms with Crippen molar-refractivity contribution in [1.29, 1.82) is 0 Å². The summed E-state index contributed by atoms with van der Waals surface area (Å²) in [4.78, 5) is 12.5. The highest BCUT2D eigenvalue weighted by Gasteiger charge is 2.13. The molecule has 0 radical (unpaired) electrons. The first kappa shape index (κ1) is 19.2. The van der Waals surface area contributed by atoms with Gasteiger partial charge in [-0.2, -0.15) is 0 Å². The third kappa shape index (κ3) is 5.43. The van der Waals surface area contributed by atoms with Crippen molar-refractivity contribution in [3.05, 3.63) is 65.2 Å². The molecule has 134 valence electrons. The fourth-order valence-corrected chi connectivity index (χ4v) is 3.26. The van der Waals surface area contributed by atoms with Crippen LogP contribution in [0.25, 0.3) is 0 Å². The average Bonchev–Trinajstić information content (AvgIpc) is 2.54. The van der Waals surface area contributed by atoms with E-state index in [0.717, 1.165) is 18.2 Å². The molecule has 0 aliphatic heterocycles. The first-order chi connectivity index (χ1) is 11.7. The third-order valence-corrected chi connectivity index (χ3v) is 5.14. The summed E-state index contributed by atoms with van der Waals surface area (Å²) in [5.41, 5.74) is 2.76. The zero-order valence-corrected chi connectivity index (χ0v) is 15.9. The minimum absolute atomic E-state index is 0.129. The van der Waals surface area contributed by atoms with Gasteiger partial charge in [-0.25, -0.2) is 8.42 Å². The van der Waals surface area contributed by atoms with Crippen LogP contribution in [0.1, 0.15) is 48.3 Å². The van der Waals surface area contributed by atoms with Gasteiger partial charge in [0.2, 0.25) is 0 Å². The van der Waals surface area contributed by atoms with E-state index in [1.165, 1.54) is 29.8 Å². The molecule has 2 rings (SSSR count). The SMILES string of the molecule is CC(C)Cc1ccc([C@@H](C)NC(=O)c2ccc(S(C)(=O)=O)cc2)cc1. The van der Waals surface area contributed by atoms with Crippen molar-refractivity contribution in [3.8, 4) is 0 Å². The Balaban J connectivity index is 2.04. The van der Waals surface area contributed by atoms with Crippen molar-refractivity contribution in [2.75, 3.05) is 6.26 Å². The van der Waals surface area contributed by atoms with Crippen molar-refractivity contribution in [2.45, 2.75) is 38.1 Å². The number of carbonyl (C=O) groups excluding carboxylic acids is 1. The van der Waals surface area contributed by atoms with Gasteiger partial charge in [-0.1, -0.05) is 38.1 Å². The summed E-state index contributed by atoms with van der Waals surface area (Å²) in [6.45, 7) is 6.30. The second-order valence-electron chi connectivity index (χ2n) is 6.83. The number of nitrogens with one attached hydrogen (secondary N) is 1. The third-order valence-electron chi connectivity index (χ3n) is 4.02. The van der Waals surface area contributed by atoms with Crippen molar-refractivity contribution in [1.82, 2.24) is 5.32 Å². The number of carbonyl (C=O) groups is 1. The van der Waals surface area contributed by atoms with Gasteiger partial charge in [0, 0.05) is 11.8 Å². The second-order valence-corrected chi connectivity index (χ2v) is 8.85. The monoisotopic (exact) mass is 359 g/mol. The summed E-state index contributed by atoms with van der Waals surface area (Å²) in [6, 6.07) is 14.1. The van der Waals surface area contributed by atoms with Crippen molar-refractivity contribution in [3.63, 3.8) is 0 Å². The molecule has 0 aliphatic rings. The Labute approximate surface area is 150 Å². The highest BCUT2D eigenvalue weighted by molar-refractivity contribution is 7.90. The van der Waals surface area contributed by atoms with E-state index in [9.17, 15) is 13.2 Å². The van der Waals surface area contributed by atoms with Gasteiger partial charge in [0.1, 0.15) is 0 Å². The van der Waals surface area contributed by atoms with Crippen LogP contribution in [-0.2, 0) is 16.3 Å². The molecule has 25 heavy (non-hydrogen) atoms. The average molecular weight is 359 g/mol. The van der Waals surface area contributed by atoms with Crippen molar-refractivity contribution in [2.24, 2.45) is 5.92 Å². The van der Waals surface area contributed by atoms with Crippen LogP contribution in [0.15, 0.2) is 53.4 Å². The molecule has 0 fully saturated rings. The van der Waals surface area contributed by atoms with Gasteiger partial charge in [0.05, 0.1) is 10.9 Å². The number of sulfone groups is 1. The van der Waals surface area contributed by atoms with Crippen LogP contribution in [0.3, 0.4) is 0 Å². The van der Waals surface area contributed by atoms with Crippen LogP contribution >= 0.6 is 0 Å². The van der Waals surface area contributed by atoms with Crippen molar-refractivity contribution >= 4 is 15.7 Å². The number of benzene rings is 2. The molecular weight excluding hydrogens is 334 g/mol. The summed E-state index contributed by atoms with van der Waals surface area (Å²) in [6.07, 6.45) is 2.18. The lowest BCUT2D eigenvalue weighted by molar-refractivity contribution is 0.0940. The quantitative estimate of drug-likeness (QED) is 0.854. The summed E-state index contributed by atoms with van der Waals surface area (Å²) >= 11 is 0. The van der Waals surface area contributed by atoms with E-state index in [0.29, 0.717) is 11.5 Å². The molecule has 0 aliphatic carbocycles. The molecule has 0 aromatic heterocycles. The smallest absolute Gasteiger partial charge is 0.251 e. The van der Waals surface area contributed by atoms with E-state index in [2.05, 4.69) is 31.3 Å². The van der Waals surface area contributed by atoms with Gasteiger partial charge in [0.25, 0.3) is 5.91 Å². The lowest BCUT2D eigenvalue weighted by atomic mass is 10.00. The van der Waals surface area contributed by atoms with Crippen LogP contribution in [-0.4, -0.2) is 20.6 Å².